The molecule has 7 aromatic carbocycles. The predicted molar refractivity (Wildman–Crippen MR) is 498 cm³/mol. The highest BCUT2D eigenvalue weighted by molar-refractivity contribution is 6.40. The summed E-state index contributed by atoms with van der Waals surface area (Å²) in [6.45, 7) is 17.3. The SMILES string of the molecule is CCCCCCCCCCCCOc1ccc(OCCCCCCCCCCCC)c2c1cc(OCCCCCCCCCCCC)c1c2ccc2c3nc(C#N)c(C#N)nc3c3ccc4c5c(OCCCCCCCCCCCC)ccc(OCCCCCCCCCCCC)c5cc(OCCCCCCCCCCCC)c4c3c21. The number of hydrogen-bond donors (Lipinski definition) is 0. The van der Waals surface area contributed by atoms with Gasteiger partial charge in [0.05, 0.1) is 50.7 Å². The summed E-state index contributed by atoms with van der Waals surface area (Å²) in [7, 11) is 0. The van der Waals surface area contributed by atoms with Gasteiger partial charge >= 0.3 is 0 Å². The first-order valence-electron chi connectivity index (χ1n) is 49.1. The molecule has 8 rings (SSSR count). The Kier molecular flexibility index (Phi) is 48.2. The quantitative estimate of drug-likeness (QED) is 0.0268. The lowest BCUT2D eigenvalue weighted by Gasteiger charge is -2.22. The van der Waals surface area contributed by atoms with Crippen LogP contribution in [0.5, 0.6) is 34.5 Å². The lowest BCUT2D eigenvalue weighted by Crippen LogP contribution is -2.04. The average molecular weight is 1590 g/mol. The second-order valence-electron chi connectivity index (χ2n) is 34.6. The highest BCUT2D eigenvalue weighted by Gasteiger charge is 2.27. The monoisotopic (exact) mass is 1590 g/mol. The number of nitriles is 2. The second-order valence-corrected chi connectivity index (χ2v) is 34.6. The maximum absolute atomic E-state index is 10.9. The van der Waals surface area contributed by atoms with Crippen LogP contribution in [0, 0.1) is 22.7 Å². The van der Waals surface area contributed by atoms with Crippen molar-refractivity contribution in [1.82, 2.24) is 9.97 Å². The Bertz CT molecular complexity index is 3850. The number of hydrogen-bond acceptors (Lipinski definition) is 10. The predicted octanol–water partition coefficient (Wildman–Crippen LogP) is 34.1. The standard InChI is InChI=1S/C106H160N4O6/c1-7-13-19-25-31-37-43-49-55-61-75-111-93-71-73-95(113-77-63-57-51-45-39-33-27-21-15-9-3)99-85-67-69-87-103(101(85)97(81-89(93)99)115-79-65-59-53-47-41-35-29-23-17-11-5)104-88(106-105(87)109-91(83-107)92(84-108)110-106)70-68-86-100-90(82-98(102(86)104)116-80-66-60-54-48-42-36-30-24-18-12-6)94(112-76-62-56-50-44-38-32-26-20-14-8-2)72-74-96(100)114-78-64-58-52-46-40-34-28-22-16-10-4/h67-74,81-82H,7-66,75-80H2,1-6H3. The summed E-state index contributed by atoms with van der Waals surface area (Å²) in [5.74, 6) is 4.85. The van der Waals surface area contributed by atoms with Crippen molar-refractivity contribution in [3.05, 3.63) is 72.1 Å². The Balaban J connectivity index is 1.34. The molecule has 0 saturated carbocycles. The summed E-state index contributed by atoms with van der Waals surface area (Å²) >= 11 is 0. The van der Waals surface area contributed by atoms with E-state index in [2.05, 4.69) is 114 Å². The van der Waals surface area contributed by atoms with E-state index in [-0.39, 0.29) is 11.4 Å². The third-order valence-corrected chi connectivity index (χ3v) is 24.7. The third kappa shape index (κ3) is 31.7. The highest BCUT2D eigenvalue weighted by Crippen LogP contribution is 2.53. The fourth-order valence-corrected chi connectivity index (χ4v) is 17.8. The van der Waals surface area contributed by atoms with E-state index in [1.54, 1.807) is 0 Å². The average Bonchev–Trinajstić information content (AvgIpc) is 0.693. The Morgan fingerprint density at radius 1 is 0.198 bits per heavy atom. The summed E-state index contributed by atoms with van der Waals surface area (Å²) in [6, 6.07) is 26.7. The van der Waals surface area contributed by atoms with Crippen molar-refractivity contribution in [1.29, 1.82) is 10.5 Å². The van der Waals surface area contributed by atoms with Gasteiger partial charge in [-0.3, -0.25) is 0 Å². The molecular formula is C106H160N4O6. The van der Waals surface area contributed by atoms with Crippen LogP contribution in [0.2, 0.25) is 0 Å². The van der Waals surface area contributed by atoms with Gasteiger partial charge < -0.3 is 28.4 Å². The Hall–Kier alpha value is -6.78. The maximum Gasteiger partial charge on any atom is 0.177 e. The summed E-state index contributed by atoms with van der Waals surface area (Å²) in [5.41, 5.74) is 1.14. The highest BCUT2D eigenvalue weighted by atomic mass is 16.5. The van der Waals surface area contributed by atoms with Gasteiger partial charge in [-0.15, -0.1) is 0 Å². The van der Waals surface area contributed by atoms with Crippen molar-refractivity contribution in [2.45, 2.75) is 427 Å². The molecule has 0 aliphatic rings. The topological polar surface area (TPSA) is 129 Å². The van der Waals surface area contributed by atoms with Crippen molar-refractivity contribution in [3.63, 3.8) is 0 Å². The third-order valence-electron chi connectivity index (χ3n) is 24.7. The van der Waals surface area contributed by atoms with Crippen molar-refractivity contribution in [2.75, 3.05) is 39.6 Å². The van der Waals surface area contributed by atoms with E-state index in [1.165, 1.54) is 308 Å². The fourth-order valence-electron chi connectivity index (χ4n) is 17.8. The van der Waals surface area contributed by atoms with Crippen LogP contribution < -0.4 is 28.4 Å². The molecule has 0 fully saturated rings. The molecule has 0 radical (unpaired) electrons. The van der Waals surface area contributed by atoms with E-state index in [9.17, 15) is 10.5 Å². The summed E-state index contributed by atoms with van der Waals surface area (Å²) in [5, 5.41) is 33.1. The molecule has 0 N–H and O–H groups in total. The number of unbranched alkanes of at least 4 members (excludes halogenated alkanes) is 54. The van der Waals surface area contributed by atoms with Gasteiger partial charge in [-0.2, -0.15) is 10.5 Å². The number of benzene rings is 7. The molecule has 0 atom stereocenters. The molecule has 0 bridgehead atoms. The molecule has 1 heterocycles. The molecule has 640 valence electrons. The van der Waals surface area contributed by atoms with Crippen LogP contribution in [0.15, 0.2) is 60.7 Å². The molecule has 0 saturated heterocycles. The largest absolute Gasteiger partial charge is 0.493 e. The molecule has 0 spiro atoms. The van der Waals surface area contributed by atoms with Crippen LogP contribution in [-0.4, -0.2) is 49.6 Å². The van der Waals surface area contributed by atoms with Gasteiger partial charge in [0.1, 0.15) is 46.6 Å². The first-order chi connectivity index (χ1) is 57.5. The molecule has 1 aromatic heterocycles. The molecule has 0 aliphatic heterocycles. The molecular weight excluding hydrogens is 1430 g/mol. The zero-order chi connectivity index (χ0) is 81.5. The van der Waals surface area contributed by atoms with Crippen LogP contribution in [0.3, 0.4) is 0 Å². The van der Waals surface area contributed by atoms with Crippen LogP contribution in [-0.2, 0) is 0 Å². The van der Waals surface area contributed by atoms with Gasteiger partial charge in [0, 0.05) is 53.9 Å². The summed E-state index contributed by atoms with van der Waals surface area (Å²) in [6.07, 6.45) is 74.6. The Morgan fingerprint density at radius 3 is 0.612 bits per heavy atom. The minimum Gasteiger partial charge on any atom is -0.493 e. The lowest BCUT2D eigenvalue weighted by molar-refractivity contribution is 0.300. The van der Waals surface area contributed by atoms with Crippen LogP contribution in [0.1, 0.15) is 438 Å². The first kappa shape index (κ1) is 94.7. The van der Waals surface area contributed by atoms with E-state index in [0.29, 0.717) is 50.7 Å². The van der Waals surface area contributed by atoms with E-state index in [4.69, 9.17) is 38.4 Å². The van der Waals surface area contributed by atoms with Crippen molar-refractivity contribution in [2.24, 2.45) is 0 Å². The first-order valence-corrected chi connectivity index (χ1v) is 49.1. The number of aromatic nitrogens is 2. The molecule has 0 unspecified atom stereocenters. The summed E-state index contributed by atoms with van der Waals surface area (Å²) < 4.78 is 43.6. The van der Waals surface area contributed by atoms with Gasteiger partial charge in [-0.25, -0.2) is 9.97 Å². The minimum atomic E-state index is 0.00498. The molecule has 10 heteroatoms. The molecule has 8 aromatic rings. The number of nitrogens with zero attached hydrogens (tertiary/aromatic N) is 4. The van der Waals surface area contributed by atoms with Crippen molar-refractivity contribution < 1.29 is 28.4 Å². The number of ether oxygens (including phenoxy) is 6. The van der Waals surface area contributed by atoms with E-state index in [0.717, 1.165) is 176 Å². The van der Waals surface area contributed by atoms with Gasteiger partial charge in [-0.1, -0.05) is 413 Å². The van der Waals surface area contributed by atoms with Crippen molar-refractivity contribution >= 4 is 75.7 Å². The van der Waals surface area contributed by atoms with Gasteiger partial charge in [0.2, 0.25) is 0 Å². The van der Waals surface area contributed by atoms with Crippen molar-refractivity contribution in [3.8, 4) is 46.6 Å². The Labute approximate surface area is 705 Å². The van der Waals surface area contributed by atoms with Crippen LogP contribution in [0.25, 0.3) is 75.7 Å². The molecule has 10 nitrogen and oxygen atoms in total. The zero-order valence-corrected chi connectivity index (χ0v) is 74.7. The van der Waals surface area contributed by atoms with E-state index >= 15 is 0 Å². The number of fused-ring (bicyclic) bond motifs is 14. The number of rotatable bonds is 72. The van der Waals surface area contributed by atoms with Gasteiger partial charge in [-0.05, 0) is 85.7 Å². The summed E-state index contributed by atoms with van der Waals surface area (Å²) in [4.78, 5) is 10.4. The van der Waals surface area contributed by atoms with E-state index < -0.39 is 0 Å². The zero-order valence-electron chi connectivity index (χ0n) is 74.7. The Morgan fingerprint density at radius 2 is 0.388 bits per heavy atom. The smallest absolute Gasteiger partial charge is 0.177 e. The van der Waals surface area contributed by atoms with Gasteiger partial charge in [0.25, 0.3) is 0 Å². The maximum atomic E-state index is 10.9. The molecule has 116 heavy (non-hydrogen) atoms. The fraction of sp³-hybridized carbons (Fsp3) is 0.679. The molecule has 0 amide bonds. The molecule has 0 aliphatic carbocycles. The van der Waals surface area contributed by atoms with E-state index in [1.807, 2.05) is 0 Å². The normalized spacial score (nSPS) is 11.7. The lowest BCUT2D eigenvalue weighted by atomic mass is 9.87. The van der Waals surface area contributed by atoms with Crippen LogP contribution in [0.4, 0.5) is 0 Å². The minimum absolute atomic E-state index is 0.00498. The van der Waals surface area contributed by atoms with Gasteiger partial charge in [0.15, 0.2) is 11.4 Å². The van der Waals surface area contributed by atoms with Crippen LogP contribution >= 0.6 is 0 Å². The second kappa shape index (κ2) is 59.0.